The van der Waals surface area contributed by atoms with Crippen molar-refractivity contribution in [3.8, 4) is 23.0 Å². The molecule has 14 nitrogen and oxygen atoms in total. The number of likely N-dealkylation sites (N-methyl/N-ethyl adjacent to an activating group) is 1. The van der Waals surface area contributed by atoms with Crippen molar-refractivity contribution >= 4 is 74.4 Å². The number of carbonyl (C=O) groups is 4. The fraction of sp³-hybridized carbons (Fsp3) is 0.438. The number of alkyl halides is 1. The predicted octanol–water partition coefficient (Wildman–Crippen LogP) is 3.87. The Hall–Kier alpha value is -4.21. The molecule has 0 spiro atoms. The fourth-order valence-electron chi connectivity index (χ4n) is 6.42. The number of anilines is 2. The minimum Gasteiger partial charge on any atom is -0.493 e. The number of ether oxygens (including phenoxy) is 5. The number of benzene rings is 2. The Bertz CT molecular complexity index is 1810. The molecule has 2 aromatic carbocycles. The van der Waals surface area contributed by atoms with Gasteiger partial charge in [-0.3, -0.25) is 9.59 Å². The van der Waals surface area contributed by atoms with E-state index in [-0.39, 0.29) is 46.5 Å². The summed E-state index contributed by atoms with van der Waals surface area (Å²) >= 11 is 3.67. The lowest BCUT2D eigenvalue weighted by molar-refractivity contribution is -0.143. The number of aromatic amines is 1. The van der Waals surface area contributed by atoms with Gasteiger partial charge in [0.05, 0.1) is 50.9 Å². The zero-order chi connectivity index (χ0) is 33.8. The average molecular weight is 751 g/mol. The van der Waals surface area contributed by atoms with Crippen molar-refractivity contribution in [3.05, 3.63) is 35.0 Å². The van der Waals surface area contributed by atoms with Crippen molar-refractivity contribution in [2.75, 3.05) is 78.4 Å². The molecule has 3 aliphatic heterocycles. The molecule has 1 fully saturated rings. The van der Waals surface area contributed by atoms with Gasteiger partial charge >= 0.3 is 12.1 Å². The Morgan fingerprint density at radius 2 is 1.65 bits per heavy atom. The molecule has 3 aromatic rings. The summed E-state index contributed by atoms with van der Waals surface area (Å²) in [7, 11) is 7.67. The number of nitrogens with one attached hydrogen (secondary N) is 2. The molecule has 2 amide bonds. The van der Waals surface area contributed by atoms with Crippen molar-refractivity contribution in [1.29, 1.82) is 0 Å². The van der Waals surface area contributed by atoms with E-state index in [1.165, 1.54) is 40.3 Å². The topological polar surface area (TPSA) is 152 Å². The number of methoxy groups -OCH3 is 4. The van der Waals surface area contributed by atoms with Gasteiger partial charge in [0, 0.05) is 49.0 Å². The number of hydrogen-bond donors (Lipinski definition) is 2. The molecule has 16 heteroatoms. The zero-order valence-corrected chi connectivity index (χ0v) is 29.8. The Morgan fingerprint density at radius 1 is 0.958 bits per heavy atom. The van der Waals surface area contributed by atoms with Gasteiger partial charge in [-0.25, -0.2) is 9.59 Å². The normalized spacial score (nSPS) is 20.3. The third-order valence-electron chi connectivity index (χ3n) is 8.98. The Labute approximate surface area is 291 Å². The van der Waals surface area contributed by atoms with Crippen molar-refractivity contribution < 1.29 is 42.9 Å². The van der Waals surface area contributed by atoms with Gasteiger partial charge in [0.1, 0.15) is 5.69 Å². The molecule has 2 atom stereocenters. The molecule has 2 N–H and O–H groups in total. The Morgan fingerprint density at radius 3 is 2.27 bits per heavy atom. The van der Waals surface area contributed by atoms with Crippen molar-refractivity contribution in [2.45, 2.75) is 23.7 Å². The molecular formula is C32H37BrClN5O9. The maximum absolute atomic E-state index is 14.3. The molecule has 0 unspecified atom stereocenters. The molecule has 48 heavy (non-hydrogen) atoms. The first-order valence-electron chi connectivity index (χ1n) is 15.0. The van der Waals surface area contributed by atoms with E-state index in [0.29, 0.717) is 72.0 Å². The SMILES string of the molecule is COC(=O)[C@]1(C)Nc2c(OC(=O)N3CCN(C)CC3)cc3c(c2C1=O)C[C@H](Br)CN3C(=O)c1cc2cc(OC)c(OC)c(OC)c2[nH]1.Cl. The Kier molecular flexibility index (Phi) is 9.77. The molecule has 0 radical (unpaired) electrons. The first-order chi connectivity index (χ1) is 22.4. The van der Waals surface area contributed by atoms with E-state index in [9.17, 15) is 19.2 Å². The number of amides is 2. The highest BCUT2D eigenvalue weighted by Gasteiger charge is 2.52. The molecule has 1 saturated heterocycles. The largest absolute Gasteiger partial charge is 0.493 e. The monoisotopic (exact) mass is 749 g/mol. The van der Waals surface area contributed by atoms with E-state index in [1.807, 2.05) is 7.05 Å². The lowest BCUT2D eigenvalue weighted by Gasteiger charge is -2.34. The number of esters is 1. The summed E-state index contributed by atoms with van der Waals surface area (Å²) in [6, 6.07) is 5.00. The van der Waals surface area contributed by atoms with Crippen molar-refractivity contribution in [2.24, 2.45) is 0 Å². The number of ketones is 1. The molecule has 1 aromatic heterocycles. The lowest BCUT2D eigenvalue weighted by atomic mass is 9.88. The van der Waals surface area contributed by atoms with Crippen LogP contribution >= 0.6 is 28.3 Å². The summed E-state index contributed by atoms with van der Waals surface area (Å²) in [4.78, 5) is 62.8. The molecular weight excluding hydrogens is 714 g/mol. The number of hydrogen-bond acceptors (Lipinski definition) is 11. The van der Waals surface area contributed by atoms with Gasteiger partial charge in [0.15, 0.2) is 22.8 Å². The van der Waals surface area contributed by atoms with Crippen LogP contribution in [0, 0.1) is 0 Å². The summed E-state index contributed by atoms with van der Waals surface area (Å²) in [6.45, 7) is 3.95. The summed E-state index contributed by atoms with van der Waals surface area (Å²) in [5, 5.41) is 3.65. The van der Waals surface area contributed by atoms with E-state index in [4.69, 9.17) is 23.7 Å². The van der Waals surface area contributed by atoms with Crippen molar-refractivity contribution in [3.63, 3.8) is 0 Å². The van der Waals surface area contributed by atoms with E-state index < -0.39 is 29.3 Å². The van der Waals surface area contributed by atoms with Gasteiger partial charge in [0.25, 0.3) is 5.91 Å². The smallest absolute Gasteiger partial charge is 0.415 e. The van der Waals surface area contributed by atoms with E-state index >= 15 is 0 Å². The van der Waals surface area contributed by atoms with Gasteiger partial charge in [-0.05, 0) is 38.1 Å². The number of halogens is 2. The van der Waals surface area contributed by atoms with Gasteiger partial charge in [-0.2, -0.15) is 0 Å². The van der Waals surface area contributed by atoms with Crippen LogP contribution in [0.15, 0.2) is 18.2 Å². The van der Waals surface area contributed by atoms with Gasteiger partial charge in [-0.1, -0.05) is 15.9 Å². The summed E-state index contributed by atoms with van der Waals surface area (Å²) < 4.78 is 27.5. The molecule has 6 rings (SSSR count). The van der Waals surface area contributed by atoms with Gasteiger partial charge in [-0.15, -0.1) is 12.4 Å². The van der Waals surface area contributed by atoms with Crippen LogP contribution < -0.4 is 29.2 Å². The van der Waals surface area contributed by atoms with Crippen LogP contribution in [0.1, 0.15) is 33.3 Å². The van der Waals surface area contributed by atoms with E-state index in [2.05, 4.69) is 31.1 Å². The minimum absolute atomic E-state index is 0. The standard InChI is InChI=1S/C32H36BrN5O9.ClH/c1-32(30(41)46-6)28(39)23-18-13-17(33)15-38(20(18)14-21(25(23)35-32)47-31(42)37-9-7-36(2)8-10-37)29(40)19-11-16-12-22(43-3)26(44-4)27(45-5)24(16)34-19;/h11-12,14,17,34-35H,7-10,13,15H2,1-6H3;1H/t17-,32+;/m0./s1. The van der Waals surface area contributed by atoms with Crippen LogP contribution in [0.25, 0.3) is 10.9 Å². The first-order valence-corrected chi connectivity index (χ1v) is 15.9. The number of aromatic nitrogens is 1. The molecule has 4 heterocycles. The highest BCUT2D eigenvalue weighted by Crippen LogP contribution is 2.49. The second-order valence-electron chi connectivity index (χ2n) is 11.9. The number of piperazine rings is 1. The molecule has 0 saturated carbocycles. The number of Topliss-reactive ketones (excluding diaryl/α,β-unsaturated/α-hetero) is 1. The molecule has 0 aliphatic carbocycles. The van der Waals surface area contributed by atoms with Crippen LogP contribution in [-0.4, -0.2) is 117 Å². The van der Waals surface area contributed by atoms with E-state index in [0.717, 1.165) is 0 Å². The number of carbonyl (C=O) groups excluding carboxylic acids is 4. The average Bonchev–Trinajstić information content (AvgIpc) is 3.62. The summed E-state index contributed by atoms with van der Waals surface area (Å²) in [5.74, 6) is -0.542. The number of fused-ring (bicyclic) bond motifs is 4. The number of H-pyrrole nitrogens is 1. The third kappa shape index (κ3) is 5.66. The van der Waals surface area contributed by atoms with Gasteiger partial charge < -0.3 is 48.7 Å². The Balaban J connectivity index is 0.00000451. The summed E-state index contributed by atoms with van der Waals surface area (Å²) in [5.41, 5.74) is 0.297. The van der Waals surface area contributed by atoms with Crippen LogP contribution in [0.4, 0.5) is 16.2 Å². The lowest BCUT2D eigenvalue weighted by Crippen LogP contribution is -2.48. The number of nitrogens with zero attached hydrogens (tertiary/aromatic N) is 3. The first kappa shape index (κ1) is 35.1. The van der Waals surface area contributed by atoms with Crippen LogP contribution in [0.5, 0.6) is 23.0 Å². The second kappa shape index (κ2) is 13.4. The molecule has 3 aliphatic rings. The summed E-state index contributed by atoms with van der Waals surface area (Å²) in [6.07, 6.45) is -0.230. The van der Waals surface area contributed by atoms with Crippen LogP contribution in [-0.2, 0) is 16.0 Å². The second-order valence-corrected chi connectivity index (χ2v) is 13.2. The van der Waals surface area contributed by atoms with Gasteiger partial charge in [0.2, 0.25) is 11.5 Å². The highest BCUT2D eigenvalue weighted by atomic mass is 79.9. The zero-order valence-electron chi connectivity index (χ0n) is 27.4. The minimum atomic E-state index is -1.76. The fourth-order valence-corrected chi connectivity index (χ4v) is 7.03. The molecule has 0 bridgehead atoms. The molecule has 258 valence electrons. The highest BCUT2D eigenvalue weighted by molar-refractivity contribution is 9.09. The maximum Gasteiger partial charge on any atom is 0.415 e. The third-order valence-corrected chi connectivity index (χ3v) is 9.59. The van der Waals surface area contributed by atoms with Crippen LogP contribution in [0.2, 0.25) is 0 Å². The van der Waals surface area contributed by atoms with Crippen molar-refractivity contribution in [1.82, 2.24) is 14.8 Å². The van der Waals surface area contributed by atoms with E-state index in [1.54, 1.807) is 23.1 Å². The number of rotatable bonds is 6. The predicted molar refractivity (Wildman–Crippen MR) is 183 cm³/mol. The van der Waals surface area contributed by atoms with Crippen LogP contribution in [0.3, 0.4) is 0 Å². The maximum atomic E-state index is 14.3. The quantitative estimate of drug-likeness (QED) is 0.215.